The van der Waals surface area contributed by atoms with Gasteiger partial charge >= 0.3 is 0 Å². The van der Waals surface area contributed by atoms with E-state index in [9.17, 15) is 0 Å². The molecule has 2 aromatic heterocycles. The van der Waals surface area contributed by atoms with Crippen molar-refractivity contribution < 1.29 is 0 Å². The van der Waals surface area contributed by atoms with E-state index in [4.69, 9.17) is 11.6 Å². The summed E-state index contributed by atoms with van der Waals surface area (Å²) in [5, 5.41) is 7.81. The minimum absolute atomic E-state index is 0.508. The van der Waals surface area contributed by atoms with Crippen LogP contribution in [0.5, 0.6) is 0 Å². The minimum atomic E-state index is 0.508. The molecule has 0 aliphatic heterocycles. The van der Waals surface area contributed by atoms with Crippen LogP contribution in [0.15, 0.2) is 24.8 Å². The molecule has 0 aliphatic carbocycles. The molecule has 0 radical (unpaired) electrons. The van der Waals surface area contributed by atoms with E-state index in [1.165, 1.54) is 6.33 Å². The smallest absolute Gasteiger partial charge is 0.148 e. The number of hydrogen-bond donors (Lipinski definition) is 1. The molecule has 0 saturated heterocycles. The molecule has 0 spiro atoms. The van der Waals surface area contributed by atoms with Crippen LogP contribution in [0.3, 0.4) is 0 Å². The SMILES string of the molecule is Cn1ccc(CNc2ncncc2Cl)n1. The first kappa shape index (κ1) is 9.92. The van der Waals surface area contributed by atoms with Crippen LogP contribution in [-0.4, -0.2) is 19.7 Å². The van der Waals surface area contributed by atoms with Gasteiger partial charge in [0.2, 0.25) is 0 Å². The number of nitrogens with zero attached hydrogens (tertiary/aromatic N) is 4. The average Bonchev–Trinajstić information content (AvgIpc) is 2.63. The maximum Gasteiger partial charge on any atom is 0.148 e. The summed E-state index contributed by atoms with van der Waals surface area (Å²) in [4.78, 5) is 7.81. The van der Waals surface area contributed by atoms with Gasteiger partial charge in [-0.15, -0.1) is 0 Å². The summed E-state index contributed by atoms with van der Waals surface area (Å²) < 4.78 is 1.75. The van der Waals surface area contributed by atoms with Crippen molar-refractivity contribution in [1.82, 2.24) is 19.7 Å². The van der Waals surface area contributed by atoms with Gasteiger partial charge in [0.15, 0.2) is 0 Å². The highest BCUT2D eigenvalue weighted by molar-refractivity contribution is 6.32. The monoisotopic (exact) mass is 223 g/mol. The van der Waals surface area contributed by atoms with Crippen molar-refractivity contribution in [3.63, 3.8) is 0 Å². The lowest BCUT2D eigenvalue weighted by Crippen LogP contribution is -2.03. The van der Waals surface area contributed by atoms with Gasteiger partial charge in [0.1, 0.15) is 17.2 Å². The highest BCUT2D eigenvalue weighted by atomic mass is 35.5. The molecule has 0 bridgehead atoms. The lowest BCUT2D eigenvalue weighted by atomic mass is 10.4. The van der Waals surface area contributed by atoms with Gasteiger partial charge in [0, 0.05) is 13.2 Å². The zero-order valence-electron chi connectivity index (χ0n) is 8.18. The van der Waals surface area contributed by atoms with Crippen LogP contribution in [0.4, 0.5) is 5.82 Å². The predicted octanol–water partition coefficient (Wildman–Crippen LogP) is 1.48. The second kappa shape index (κ2) is 4.27. The van der Waals surface area contributed by atoms with Gasteiger partial charge in [-0.2, -0.15) is 5.10 Å². The fourth-order valence-corrected chi connectivity index (χ4v) is 1.35. The number of hydrogen-bond acceptors (Lipinski definition) is 4. The zero-order chi connectivity index (χ0) is 10.7. The van der Waals surface area contributed by atoms with Crippen molar-refractivity contribution in [3.8, 4) is 0 Å². The van der Waals surface area contributed by atoms with E-state index in [1.54, 1.807) is 10.9 Å². The Balaban J connectivity index is 2.02. The topological polar surface area (TPSA) is 55.6 Å². The summed E-state index contributed by atoms with van der Waals surface area (Å²) >= 11 is 5.88. The molecule has 0 saturated carbocycles. The molecule has 2 heterocycles. The quantitative estimate of drug-likeness (QED) is 0.856. The van der Waals surface area contributed by atoms with Crippen molar-refractivity contribution in [1.29, 1.82) is 0 Å². The van der Waals surface area contributed by atoms with Crippen LogP contribution in [0.2, 0.25) is 5.02 Å². The van der Waals surface area contributed by atoms with Crippen molar-refractivity contribution in [2.45, 2.75) is 6.54 Å². The first-order valence-corrected chi connectivity index (χ1v) is 4.81. The van der Waals surface area contributed by atoms with Gasteiger partial charge in [-0.05, 0) is 6.07 Å². The normalized spacial score (nSPS) is 10.3. The summed E-state index contributed by atoms with van der Waals surface area (Å²) in [6, 6.07) is 1.93. The Bertz CT molecular complexity index is 453. The second-order valence-electron chi connectivity index (χ2n) is 3.05. The van der Waals surface area contributed by atoms with E-state index in [0.717, 1.165) is 5.69 Å². The molecular weight excluding hydrogens is 214 g/mol. The molecular formula is C9H10ClN5. The Morgan fingerprint density at radius 1 is 1.53 bits per heavy atom. The zero-order valence-corrected chi connectivity index (χ0v) is 8.94. The number of aryl methyl sites for hydroxylation is 1. The Labute approximate surface area is 92.1 Å². The number of aromatic nitrogens is 4. The predicted molar refractivity (Wildman–Crippen MR) is 57.6 cm³/mol. The lowest BCUT2D eigenvalue weighted by Gasteiger charge is -2.03. The summed E-state index contributed by atoms with van der Waals surface area (Å²) in [7, 11) is 1.88. The van der Waals surface area contributed by atoms with Gasteiger partial charge in [0.25, 0.3) is 0 Å². The first-order chi connectivity index (χ1) is 7.25. The fraction of sp³-hybridized carbons (Fsp3) is 0.222. The molecule has 15 heavy (non-hydrogen) atoms. The van der Waals surface area contributed by atoms with E-state index < -0.39 is 0 Å². The molecule has 0 aliphatic rings. The highest BCUT2D eigenvalue weighted by Crippen LogP contribution is 2.16. The Kier molecular flexibility index (Phi) is 2.82. The number of nitrogens with one attached hydrogen (secondary N) is 1. The molecule has 0 unspecified atom stereocenters. The molecule has 1 N–H and O–H groups in total. The van der Waals surface area contributed by atoms with Crippen LogP contribution in [0.1, 0.15) is 5.69 Å². The summed E-state index contributed by atoms with van der Waals surface area (Å²) in [5.41, 5.74) is 0.937. The molecule has 78 valence electrons. The third-order valence-electron chi connectivity index (χ3n) is 1.87. The highest BCUT2D eigenvalue weighted by Gasteiger charge is 2.01. The van der Waals surface area contributed by atoms with Gasteiger partial charge in [-0.3, -0.25) is 4.68 Å². The van der Waals surface area contributed by atoms with Crippen LogP contribution in [0.25, 0.3) is 0 Å². The van der Waals surface area contributed by atoms with E-state index in [2.05, 4.69) is 20.4 Å². The van der Waals surface area contributed by atoms with Crippen LogP contribution < -0.4 is 5.32 Å². The molecule has 0 fully saturated rings. The second-order valence-corrected chi connectivity index (χ2v) is 3.46. The van der Waals surface area contributed by atoms with E-state index in [1.807, 2.05) is 19.3 Å². The third-order valence-corrected chi connectivity index (χ3v) is 2.15. The van der Waals surface area contributed by atoms with Crippen molar-refractivity contribution in [2.24, 2.45) is 7.05 Å². The van der Waals surface area contributed by atoms with Crippen molar-refractivity contribution >= 4 is 17.4 Å². The summed E-state index contributed by atoms with van der Waals surface area (Å²) in [6.45, 7) is 0.595. The van der Waals surface area contributed by atoms with Gasteiger partial charge in [-0.1, -0.05) is 11.6 Å². The Morgan fingerprint density at radius 3 is 3.07 bits per heavy atom. The first-order valence-electron chi connectivity index (χ1n) is 4.43. The van der Waals surface area contributed by atoms with E-state index >= 15 is 0 Å². The Hall–Kier alpha value is -1.62. The molecule has 6 heteroatoms. The fourth-order valence-electron chi connectivity index (χ4n) is 1.17. The lowest BCUT2D eigenvalue weighted by molar-refractivity contribution is 0.747. The van der Waals surface area contributed by atoms with Crippen LogP contribution in [-0.2, 0) is 13.6 Å². The van der Waals surface area contributed by atoms with Gasteiger partial charge in [-0.25, -0.2) is 9.97 Å². The molecule has 0 atom stereocenters. The van der Waals surface area contributed by atoms with Crippen LogP contribution in [0, 0.1) is 0 Å². The summed E-state index contributed by atoms with van der Waals surface area (Å²) in [6.07, 6.45) is 4.89. The number of anilines is 1. The number of rotatable bonds is 3. The van der Waals surface area contributed by atoms with Gasteiger partial charge < -0.3 is 5.32 Å². The van der Waals surface area contributed by atoms with Crippen molar-refractivity contribution in [2.75, 3.05) is 5.32 Å². The average molecular weight is 224 g/mol. The van der Waals surface area contributed by atoms with Gasteiger partial charge in [0.05, 0.1) is 18.4 Å². The molecule has 2 aromatic rings. The van der Waals surface area contributed by atoms with E-state index in [0.29, 0.717) is 17.4 Å². The largest absolute Gasteiger partial charge is 0.363 e. The number of halogens is 1. The maximum atomic E-state index is 5.88. The van der Waals surface area contributed by atoms with Crippen molar-refractivity contribution in [3.05, 3.63) is 35.5 Å². The molecule has 0 amide bonds. The standard InChI is InChI=1S/C9H10ClN5/c1-15-3-2-7(14-15)4-12-9-8(10)5-11-6-13-9/h2-3,5-6H,4H2,1H3,(H,11,12,13). The maximum absolute atomic E-state index is 5.88. The van der Waals surface area contributed by atoms with E-state index in [-0.39, 0.29) is 0 Å². The molecule has 2 rings (SSSR count). The third kappa shape index (κ3) is 2.44. The molecule has 5 nitrogen and oxygen atoms in total. The van der Waals surface area contributed by atoms with Crippen LogP contribution >= 0.6 is 11.6 Å². The Morgan fingerprint density at radius 2 is 2.40 bits per heavy atom. The summed E-state index contributed by atoms with van der Waals surface area (Å²) in [5.74, 6) is 0.623. The minimum Gasteiger partial charge on any atom is -0.363 e. The molecule has 0 aromatic carbocycles.